The summed E-state index contributed by atoms with van der Waals surface area (Å²) in [6, 6.07) is 8.89. The molecule has 1 atom stereocenters. The van der Waals surface area contributed by atoms with Crippen molar-refractivity contribution in [3.05, 3.63) is 41.2 Å². The zero-order valence-electron chi connectivity index (χ0n) is 22.0. The molecule has 0 saturated heterocycles. The standard InChI is InChI=1S/C26H33N3O6Si/c1-14(2)17-13-36(7,8)20-11-15(3)19(12-16(17)20)35-21-10-9-18(34-21)23(30)27-22-24(31-4)28-26(33-6)29-25(22)32-5/h9-12,14,17H,13H2,1-8H3,(H,27,30). The van der Waals surface area contributed by atoms with Gasteiger partial charge in [0.15, 0.2) is 11.4 Å². The van der Waals surface area contributed by atoms with Crippen molar-refractivity contribution in [3.63, 3.8) is 0 Å². The van der Waals surface area contributed by atoms with Crippen molar-refractivity contribution in [3.8, 4) is 29.5 Å². The Labute approximate surface area is 212 Å². The second-order valence-electron chi connectivity index (χ2n) is 9.92. The number of rotatable bonds is 8. The van der Waals surface area contributed by atoms with Crippen LogP contribution >= 0.6 is 0 Å². The van der Waals surface area contributed by atoms with E-state index in [-0.39, 0.29) is 35.2 Å². The lowest BCUT2D eigenvalue weighted by Gasteiger charge is -2.18. The molecule has 1 aliphatic heterocycles. The molecule has 0 saturated carbocycles. The van der Waals surface area contributed by atoms with Crippen LogP contribution in [0.2, 0.25) is 19.1 Å². The van der Waals surface area contributed by atoms with Gasteiger partial charge in [0, 0.05) is 6.07 Å². The van der Waals surface area contributed by atoms with Crippen molar-refractivity contribution in [1.29, 1.82) is 0 Å². The molecule has 0 fully saturated rings. The van der Waals surface area contributed by atoms with Gasteiger partial charge in [-0.2, -0.15) is 9.97 Å². The number of hydrogen-bond donors (Lipinski definition) is 1. The van der Waals surface area contributed by atoms with Crippen LogP contribution in [0.25, 0.3) is 0 Å². The molecule has 0 spiro atoms. The number of anilines is 1. The Morgan fingerprint density at radius 3 is 2.33 bits per heavy atom. The largest absolute Gasteiger partial charge is 0.479 e. The molecule has 0 aliphatic carbocycles. The Kier molecular flexibility index (Phi) is 6.99. The second kappa shape index (κ2) is 9.85. The quantitative estimate of drug-likeness (QED) is 0.416. The highest BCUT2D eigenvalue weighted by Gasteiger charge is 2.40. The van der Waals surface area contributed by atoms with Crippen molar-refractivity contribution in [2.75, 3.05) is 26.6 Å². The summed E-state index contributed by atoms with van der Waals surface area (Å²) in [6.07, 6.45) is 0. The third-order valence-corrected chi connectivity index (χ3v) is 10.0. The lowest BCUT2D eigenvalue weighted by atomic mass is 9.90. The van der Waals surface area contributed by atoms with Gasteiger partial charge in [0.25, 0.3) is 11.9 Å². The van der Waals surface area contributed by atoms with Crippen LogP contribution in [0.1, 0.15) is 41.4 Å². The number of hydrogen-bond acceptors (Lipinski definition) is 8. The molecule has 10 heteroatoms. The van der Waals surface area contributed by atoms with Gasteiger partial charge in [0.05, 0.1) is 29.4 Å². The first-order valence-electron chi connectivity index (χ1n) is 11.9. The van der Waals surface area contributed by atoms with Crippen molar-refractivity contribution in [2.45, 2.75) is 45.8 Å². The Morgan fingerprint density at radius 2 is 1.75 bits per heavy atom. The van der Waals surface area contributed by atoms with E-state index in [1.807, 2.05) is 6.92 Å². The number of aromatic nitrogens is 2. The molecular formula is C26H33N3O6Si. The number of ether oxygens (including phenoxy) is 4. The third kappa shape index (κ3) is 4.77. The fourth-order valence-electron chi connectivity index (χ4n) is 4.75. The minimum absolute atomic E-state index is 0.0471. The molecule has 3 heterocycles. The molecule has 1 unspecified atom stereocenters. The summed E-state index contributed by atoms with van der Waals surface area (Å²) in [7, 11) is 2.79. The molecule has 2 aromatic heterocycles. The molecule has 36 heavy (non-hydrogen) atoms. The van der Waals surface area contributed by atoms with E-state index in [4.69, 9.17) is 23.4 Å². The van der Waals surface area contributed by atoms with E-state index < -0.39 is 14.0 Å². The monoisotopic (exact) mass is 511 g/mol. The van der Waals surface area contributed by atoms with E-state index >= 15 is 0 Å². The number of methoxy groups -OCH3 is 3. The van der Waals surface area contributed by atoms with Crippen LogP contribution in [0.15, 0.2) is 28.7 Å². The molecule has 0 bridgehead atoms. The minimum atomic E-state index is -1.47. The second-order valence-corrected chi connectivity index (χ2v) is 14.6. The lowest BCUT2D eigenvalue weighted by molar-refractivity contribution is 0.0990. The van der Waals surface area contributed by atoms with E-state index in [0.29, 0.717) is 11.8 Å². The van der Waals surface area contributed by atoms with Gasteiger partial charge in [-0.1, -0.05) is 38.2 Å². The maximum Gasteiger partial charge on any atom is 0.322 e. The van der Waals surface area contributed by atoms with E-state index in [1.54, 1.807) is 12.1 Å². The summed E-state index contributed by atoms with van der Waals surface area (Å²) in [4.78, 5) is 21.1. The molecular weight excluding hydrogens is 478 g/mol. The molecule has 1 aromatic carbocycles. The zero-order valence-corrected chi connectivity index (χ0v) is 23.0. The summed E-state index contributed by atoms with van der Waals surface area (Å²) in [6.45, 7) is 11.5. The van der Waals surface area contributed by atoms with Gasteiger partial charge in [-0.15, -0.1) is 0 Å². The maximum atomic E-state index is 12.9. The zero-order chi connectivity index (χ0) is 26.2. The van der Waals surface area contributed by atoms with Crippen LogP contribution in [0.4, 0.5) is 5.69 Å². The first-order valence-corrected chi connectivity index (χ1v) is 15.1. The van der Waals surface area contributed by atoms with Crippen molar-refractivity contribution in [2.24, 2.45) is 5.92 Å². The molecule has 3 aromatic rings. The number of aryl methyl sites for hydroxylation is 1. The first kappa shape index (κ1) is 25.6. The average Bonchev–Trinajstić information content (AvgIpc) is 3.41. The van der Waals surface area contributed by atoms with E-state index in [1.165, 1.54) is 38.1 Å². The molecule has 1 aliphatic rings. The number of amides is 1. The normalized spacial score (nSPS) is 16.0. The van der Waals surface area contributed by atoms with Gasteiger partial charge in [-0.05, 0) is 48.1 Å². The van der Waals surface area contributed by atoms with Crippen molar-refractivity contribution in [1.82, 2.24) is 9.97 Å². The lowest BCUT2D eigenvalue weighted by Crippen LogP contribution is -2.37. The number of carbonyl (C=O) groups is 1. The first-order chi connectivity index (χ1) is 17.1. The van der Waals surface area contributed by atoms with Crippen LogP contribution in [0.3, 0.4) is 0 Å². The number of carbonyl (C=O) groups excluding carboxylic acids is 1. The fraction of sp³-hybridized carbons (Fsp3) is 0.423. The topological polar surface area (TPSA) is 105 Å². The summed E-state index contributed by atoms with van der Waals surface area (Å²) in [5.41, 5.74) is 2.59. The number of fused-ring (bicyclic) bond motifs is 1. The molecule has 9 nitrogen and oxygen atoms in total. The van der Waals surface area contributed by atoms with Crippen LogP contribution in [-0.2, 0) is 0 Å². The fourth-order valence-corrected chi connectivity index (χ4v) is 8.40. The summed E-state index contributed by atoms with van der Waals surface area (Å²) in [5, 5.41) is 4.19. The number of nitrogens with zero attached hydrogens (tertiary/aromatic N) is 2. The van der Waals surface area contributed by atoms with Gasteiger partial charge in [-0.25, -0.2) is 0 Å². The van der Waals surface area contributed by atoms with E-state index in [9.17, 15) is 4.79 Å². The van der Waals surface area contributed by atoms with Gasteiger partial charge in [0.1, 0.15) is 5.75 Å². The van der Waals surface area contributed by atoms with Gasteiger partial charge in [-0.3, -0.25) is 4.79 Å². The van der Waals surface area contributed by atoms with E-state index in [0.717, 1.165) is 11.3 Å². The third-order valence-electron chi connectivity index (χ3n) is 6.66. The Morgan fingerprint density at radius 1 is 1.08 bits per heavy atom. The molecule has 4 rings (SSSR count). The highest BCUT2D eigenvalue weighted by atomic mass is 28.3. The number of furan rings is 1. The Balaban J connectivity index is 1.57. The number of benzene rings is 1. The maximum absolute atomic E-state index is 12.9. The van der Waals surface area contributed by atoms with Crippen molar-refractivity contribution < 1.29 is 28.2 Å². The predicted molar refractivity (Wildman–Crippen MR) is 139 cm³/mol. The number of nitrogens with one attached hydrogen (secondary N) is 1. The van der Waals surface area contributed by atoms with Gasteiger partial charge in [0.2, 0.25) is 11.8 Å². The smallest absolute Gasteiger partial charge is 0.322 e. The molecule has 192 valence electrons. The predicted octanol–water partition coefficient (Wildman–Crippen LogP) is 5.12. The molecule has 0 radical (unpaired) electrons. The summed E-state index contributed by atoms with van der Waals surface area (Å²) in [5.74, 6) is 1.75. The van der Waals surface area contributed by atoms with Crippen LogP contribution < -0.4 is 29.5 Å². The van der Waals surface area contributed by atoms with Crippen LogP contribution in [0, 0.1) is 12.8 Å². The summed E-state index contributed by atoms with van der Waals surface area (Å²) >= 11 is 0. The Hall–Kier alpha value is -3.53. The van der Waals surface area contributed by atoms with Crippen molar-refractivity contribution >= 4 is 24.9 Å². The van der Waals surface area contributed by atoms with E-state index in [2.05, 4.69) is 54.4 Å². The van der Waals surface area contributed by atoms with Gasteiger partial charge >= 0.3 is 6.01 Å². The molecule has 1 amide bonds. The van der Waals surface area contributed by atoms with Crippen LogP contribution in [0.5, 0.6) is 29.5 Å². The minimum Gasteiger partial charge on any atom is -0.479 e. The SMILES string of the molecule is COc1nc(OC)c(NC(=O)c2ccc(Oc3cc4c(cc3C)[Si](C)(C)CC4C(C)C)o2)c(OC)n1. The molecule has 1 N–H and O–H groups in total. The highest BCUT2D eigenvalue weighted by Crippen LogP contribution is 2.42. The average molecular weight is 512 g/mol. The highest BCUT2D eigenvalue weighted by molar-refractivity contribution is 6.91. The van der Waals surface area contributed by atoms with Crippen LogP contribution in [-0.4, -0.2) is 45.3 Å². The summed E-state index contributed by atoms with van der Waals surface area (Å²) < 4.78 is 27.4. The van der Waals surface area contributed by atoms with Gasteiger partial charge < -0.3 is 28.7 Å². The Bertz CT molecular complexity index is 1260.